The monoisotopic (exact) mass is 445 g/mol. The number of benzene rings is 1. The Morgan fingerprint density at radius 1 is 1.10 bits per heavy atom. The first kappa shape index (κ1) is 23.1. The maximum atomic E-state index is 12.8. The number of carbonyl (C=O) groups excluding carboxylic acids is 2. The molecule has 3 rings (SSSR count). The number of para-hydroxylation sites is 2. The van der Waals surface area contributed by atoms with Gasteiger partial charge in [0.25, 0.3) is 5.91 Å². The van der Waals surface area contributed by atoms with Crippen LogP contribution in [0, 0.1) is 5.41 Å². The van der Waals surface area contributed by atoms with E-state index in [1.54, 1.807) is 12.5 Å². The minimum Gasteiger partial charge on any atom is -0.493 e. The highest BCUT2D eigenvalue weighted by Gasteiger charge is 2.31. The molecule has 2 aromatic rings. The summed E-state index contributed by atoms with van der Waals surface area (Å²) in [5.74, 6) is 1.06. The number of hydrogen-bond donors (Lipinski definition) is 2. The van der Waals surface area contributed by atoms with E-state index in [1.807, 2.05) is 45.0 Å². The van der Waals surface area contributed by atoms with Gasteiger partial charge in [-0.25, -0.2) is 4.98 Å². The lowest BCUT2D eigenvalue weighted by molar-refractivity contribution is -0.129. The van der Waals surface area contributed by atoms with E-state index in [9.17, 15) is 9.59 Å². The van der Waals surface area contributed by atoms with Crippen LogP contribution in [0.2, 0.25) is 0 Å². The van der Waals surface area contributed by atoms with Crippen molar-refractivity contribution in [1.82, 2.24) is 15.6 Å². The fraction of sp³-hybridized carbons (Fsp3) is 0.522. The van der Waals surface area contributed by atoms with E-state index in [1.165, 1.54) is 11.3 Å². The fourth-order valence-corrected chi connectivity index (χ4v) is 4.15. The minimum absolute atomic E-state index is 0.00285. The number of methoxy groups -OCH3 is 1. The topological polar surface area (TPSA) is 89.6 Å². The molecule has 0 spiro atoms. The van der Waals surface area contributed by atoms with Crippen LogP contribution in [0.4, 0.5) is 0 Å². The molecule has 1 heterocycles. The molecular weight excluding hydrogens is 414 g/mol. The molecule has 2 atom stereocenters. The zero-order valence-corrected chi connectivity index (χ0v) is 19.4. The molecule has 0 saturated heterocycles. The zero-order valence-electron chi connectivity index (χ0n) is 18.6. The van der Waals surface area contributed by atoms with Crippen molar-refractivity contribution < 1.29 is 19.1 Å². The number of thiazole rings is 1. The van der Waals surface area contributed by atoms with Gasteiger partial charge in [-0.3, -0.25) is 9.59 Å². The van der Waals surface area contributed by atoms with Crippen molar-refractivity contribution in [3.05, 3.63) is 40.3 Å². The second-order valence-corrected chi connectivity index (χ2v) is 9.70. The van der Waals surface area contributed by atoms with Gasteiger partial charge in [0, 0.05) is 22.9 Å². The third-order valence-corrected chi connectivity index (χ3v) is 6.11. The second kappa shape index (κ2) is 10.1. The standard InChI is InChI=1S/C23H31N3O4S/c1-23(2,3)22(28)26-16-10-6-5-9-15(16)25-21(27)17-14-31-20(24-17)13-30-19-12-8-7-11-18(19)29-4/h7-8,11-12,14-16H,5-6,9-10,13H2,1-4H3,(H,25,27)(H,26,28)/t15-,16-/m1/s1. The van der Waals surface area contributed by atoms with E-state index >= 15 is 0 Å². The first-order valence-corrected chi connectivity index (χ1v) is 11.5. The molecule has 0 unspecified atom stereocenters. The number of nitrogens with one attached hydrogen (secondary N) is 2. The number of hydrogen-bond acceptors (Lipinski definition) is 6. The van der Waals surface area contributed by atoms with Crippen molar-refractivity contribution in [1.29, 1.82) is 0 Å². The van der Waals surface area contributed by atoms with Crippen LogP contribution in [0.3, 0.4) is 0 Å². The van der Waals surface area contributed by atoms with Gasteiger partial charge in [0.1, 0.15) is 17.3 Å². The van der Waals surface area contributed by atoms with Crippen molar-refractivity contribution in [2.45, 2.75) is 65.1 Å². The van der Waals surface area contributed by atoms with Gasteiger partial charge in [-0.1, -0.05) is 45.7 Å². The Balaban J connectivity index is 1.58. The van der Waals surface area contributed by atoms with E-state index in [0.717, 1.165) is 25.7 Å². The molecule has 1 aliphatic rings. The van der Waals surface area contributed by atoms with E-state index in [-0.39, 0.29) is 30.5 Å². The highest BCUT2D eigenvalue weighted by atomic mass is 32.1. The number of amides is 2. The van der Waals surface area contributed by atoms with Gasteiger partial charge >= 0.3 is 0 Å². The van der Waals surface area contributed by atoms with Crippen molar-refractivity contribution >= 4 is 23.2 Å². The fourth-order valence-electron chi connectivity index (χ4n) is 3.46. The first-order chi connectivity index (χ1) is 14.8. The Bertz CT molecular complexity index is 906. The molecule has 0 bridgehead atoms. The summed E-state index contributed by atoms with van der Waals surface area (Å²) in [5.41, 5.74) is -0.0906. The third kappa shape index (κ3) is 6.19. The van der Waals surface area contributed by atoms with Gasteiger partial charge in [-0.15, -0.1) is 11.3 Å². The summed E-state index contributed by atoms with van der Waals surface area (Å²) < 4.78 is 11.1. The lowest BCUT2D eigenvalue weighted by Crippen LogP contribution is -2.55. The molecule has 1 aromatic carbocycles. The predicted octanol–water partition coefficient (Wildman–Crippen LogP) is 3.93. The van der Waals surface area contributed by atoms with Crippen LogP contribution in [0.25, 0.3) is 0 Å². The van der Waals surface area contributed by atoms with E-state index in [2.05, 4.69) is 15.6 Å². The molecule has 8 heteroatoms. The van der Waals surface area contributed by atoms with Crippen molar-refractivity contribution in [2.24, 2.45) is 5.41 Å². The highest BCUT2D eigenvalue weighted by molar-refractivity contribution is 7.09. The Morgan fingerprint density at radius 2 is 1.74 bits per heavy atom. The van der Waals surface area contributed by atoms with E-state index in [0.29, 0.717) is 22.2 Å². The van der Waals surface area contributed by atoms with Crippen molar-refractivity contribution in [3.8, 4) is 11.5 Å². The molecular formula is C23H31N3O4S. The maximum Gasteiger partial charge on any atom is 0.271 e. The summed E-state index contributed by atoms with van der Waals surface area (Å²) in [6.45, 7) is 5.93. The van der Waals surface area contributed by atoms with E-state index in [4.69, 9.17) is 9.47 Å². The van der Waals surface area contributed by atoms with Crippen LogP contribution < -0.4 is 20.1 Å². The Labute approximate surface area is 187 Å². The summed E-state index contributed by atoms with van der Waals surface area (Å²) >= 11 is 1.38. The normalized spacial score (nSPS) is 18.8. The smallest absolute Gasteiger partial charge is 0.271 e. The molecule has 1 aromatic heterocycles. The minimum atomic E-state index is -0.461. The summed E-state index contributed by atoms with van der Waals surface area (Å²) in [4.78, 5) is 29.6. The lowest BCUT2D eigenvalue weighted by atomic mass is 9.88. The Kier molecular flexibility index (Phi) is 7.54. The zero-order chi connectivity index (χ0) is 22.4. The average Bonchev–Trinajstić information content (AvgIpc) is 3.22. The number of aromatic nitrogens is 1. The largest absolute Gasteiger partial charge is 0.493 e. The summed E-state index contributed by atoms with van der Waals surface area (Å²) in [6, 6.07) is 7.25. The van der Waals surface area contributed by atoms with Crippen LogP contribution in [-0.2, 0) is 11.4 Å². The molecule has 1 saturated carbocycles. The molecule has 0 radical (unpaired) electrons. The number of carbonyl (C=O) groups is 2. The predicted molar refractivity (Wildman–Crippen MR) is 121 cm³/mol. The third-order valence-electron chi connectivity index (χ3n) is 5.28. The van der Waals surface area contributed by atoms with Crippen LogP contribution >= 0.6 is 11.3 Å². The second-order valence-electron chi connectivity index (χ2n) is 8.76. The molecule has 168 valence electrons. The molecule has 1 aliphatic carbocycles. The average molecular weight is 446 g/mol. The number of nitrogens with zero attached hydrogens (tertiary/aromatic N) is 1. The van der Waals surface area contributed by atoms with Gasteiger partial charge in [-0.2, -0.15) is 0 Å². The Hall–Kier alpha value is -2.61. The first-order valence-electron chi connectivity index (χ1n) is 10.6. The molecule has 0 aliphatic heterocycles. The molecule has 7 nitrogen and oxygen atoms in total. The number of rotatable bonds is 7. The van der Waals surface area contributed by atoms with Crippen molar-refractivity contribution in [3.63, 3.8) is 0 Å². The molecule has 1 fully saturated rings. The van der Waals surface area contributed by atoms with Crippen molar-refractivity contribution in [2.75, 3.05) is 7.11 Å². The summed E-state index contributed by atoms with van der Waals surface area (Å²) in [6.07, 6.45) is 3.78. The molecule has 31 heavy (non-hydrogen) atoms. The SMILES string of the molecule is COc1ccccc1OCc1nc(C(=O)N[C@@H]2CCCC[C@H]2NC(=O)C(C)(C)C)cs1. The van der Waals surface area contributed by atoms with Crippen LogP contribution in [0.5, 0.6) is 11.5 Å². The quantitative estimate of drug-likeness (QED) is 0.674. The molecule has 2 N–H and O–H groups in total. The molecule has 2 amide bonds. The lowest BCUT2D eigenvalue weighted by Gasteiger charge is -2.34. The van der Waals surface area contributed by atoms with Gasteiger partial charge in [0.2, 0.25) is 5.91 Å². The maximum absolute atomic E-state index is 12.8. The summed E-state index contributed by atoms with van der Waals surface area (Å²) in [7, 11) is 1.59. The van der Waals surface area contributed by atoms with Gasteiger partial charge in [0.15, 0.2) is 11.5 Å². The van der Waals surface area contributed by atoms with Crippen LogP contribution in [0.1, 0.15) is 62.0 Å². The van der Waals surface area contributed by atoms with Crippen LogP contribution in [0.15, 0.2) is 29.6 Å². The Morgan fingerprint density at radius 3 is 2.39 bits per heavy atom. The van der Waals surface area contributed by atoms with Crippen LogP contribution in [-0.4, -0.2) is 36.0 Å². The van der Waals surface area contributed by atoms with Gasteiger partial charge < -0.3 is 20.1 Å². The van der Waals surface area contributed by atoms with E-state index < -0.39 is 5.41 Å². The van der Waals surface area contributed by atoms with Gasteiger partial charge in [0.05, 0.1) is 7.11 Å². The summed E-state index contributed by atoms with van der Waals surface area (Å²) in [5, 5.41) is 8.64. The number of ether oxygens (including phenoxy) is 2. The highest BCUT2D eigenvalue weighted by Crippen LogP contribution is 2.27. The van der Waals surface area contributed by atoms with Gasteiger partial charge in [-0.05, 0) is 25.0 Å².